The highest BCUT2D eigenvalue weighted by atomic mass is 35.5. The molecule has 160 valence electrons. The molecular formula is C26H20ClNO4. The lowest BCUT2D eigenvalue weighted by Crippen LogP contribution is -2.22. The van der Waals surface area contributed by atoms with Crippen LogP contribution in [0.15, 0.2) is 84.9 Å². The summed E-state index contributed by atoms with van der Waals surface area (Å²) in [5.74, 6) is -1.21. The lowest BCUT2D eigenvalue weighted by molar-refractivity contribution is 0.0696. The van der Waals surface area contributed by atoms with Gasteiger partial charge in [-0.2, -0.15) is 0 Å². The molecule has 0 aliphatic carbocycles. The van der Waals surface area contributed by atoms with Crippen LogP contribution in [0.2, 0.25) is 5.02 Å². The topological polar surface area (TPSA) is 86.6 Å². The molecule has 6 heteroatoms. The standard InChI is InChI=1S/C26H20ClNO4/c27-23-11-1-16(2-12-23)15-28-25(30)21-10-4-17-3-9-20(13-22(17)14-21)24(29)18-5-7-19(8-6-18)26(31)32/h1-14,24,29H,15H2,(H,28,30)(H,31,32). The second-order valence-electron chi connectivity index (χ2n) is 7.46. The molecular weight excluding hydrogens is 426 g/mol. The molecule has 4 aromatic carbocycles. The Bertz CT molecular complexity index is 1280. The Kier molecular flexibility index (Phi) is 6.21. The zero-order valence-electron chi connectivity index (χ0n) is 17.0. The first-order chi connectivity index (χ1) is 15.4. The number of aliphatic hydroxyl groups excluding tert-OH is 1. The van der Waals surface area contributed by atoms with E-state index in [1.807, 2.05) is 36.4 Å². The Morgan fingerprint density at radius 3 is 2.09 bits per heavy atom. The molecule has 0 saturated heterocycles. The number of carbonyl (C=O) groups excluding carboxylic acids is 1. The maximum absolute atomic E-state index is 12.6. The van der Waals surface area contributed by atoms with Crippen molar-refractivity contribution in [2.45, 2.75) is 12.6 Å². The molecule has 5 nitrogen and oxygen atoms in total. The third-order valence-electron chi connectivity index (χ3n) is 5.28. The van der Waals surface area contributed by atoms with Gasteiger partial charge in [0.05, 0.1) is 5.56 Å². The second-order valence-corrected chi connectivity index (χ2v) is 7.90. The van der Waals surface area contributed by atoms with Crippen molar-refractivity contribution in [2.75, 3.05) is 0 Å². The first-order valence-corrected chi connectivity index (χ1v) is 10.4. The number of halogens is 1. The highest BCUT2D eigenvalue weighted by molar-refractivity contribution is 6.30. The normalized spacial score (nSPS) is 11.8. The molecule has 0 aliphatic rings. The van der Waals surface area contributed by atoms with E-state index in [4.69, 9.17) is 16.7 Å². The van der Waals surface area contributed by atoms with Crippen LogP contribution in [-0.4, -0.2) is 22.1 Å². The number of rotatable bonds is 6. The van der Waals surface area contributed by atoms with Crippen LogP contribution in [0.1, 0.15) is 43.5 Å². The summed E-state index contributed by atoms with van der Waals surface area (Å²) < 4.78 is 0. The third kappa shape index (κ3) is 4.80. The largest absolute Gasteiger partial charge is 0.478 e. The summed E-state index contributed by atoms with van der Waals surface area (Å²) in [7, 11) is 0. The molecule has 0 bridgehead atoms. The summed E-state index contributed by atoms with van der Waals surface area (Å²) in [6.45, 7) is 0.388. The summed E-state index contributed by atoms with van der Waals surface area (Å²) in [5.41, 5.74) is 2.87. The smallest absolute Gasteiger partial charge is 0.335 e. The number of benzene rings is 4. The monoisotopic (exact) mass is 445 g/mol. The summed E-state index contributed by atoms with van der Waals surface area (Å²) >= 11 is 5.89. The first kappa shape index (κ1) is 21.6. The summed E-state index contributed by atoms with van der Waals surface area (Å²) in [4.78, 5) is 23.6. The van der Waals surface area contributed by atoms with E-state index in [1.54, 1.807) is 36.4 Å². The molecule has 1 unspecified atom stereocenters. The quantitative estimate of drug-likeness (QED) is 0.380. The Labute approximate surface area is 189 Å². The zero-order chi connectivity index (χ0) is 22.7. The number of aliphatic hydroxyl groups is 1. The zero-order valence-corrected chi connectivity index (χ0v) is 17.7. The SMILES string of the molecule is O=C(O)c1ccc(C(O)c2ccc3ccc(C(=O)NCc4ccc(Cl)cc4)cc3c2)cc1. The maximum atomic E-state index is 12.6. The van der Waals surface area contributed by atoms with Gasteiger partial charge >= 0.3 is 5.97 Å². The molecule has 0 spiro atoms. The van der Waals surface area contributed by atoms with Crippen molar-refractivity contribution >= 4 is 34.2 Å². The number of fused-ring (bicyclic) bond motifs is 1. The van der Waals surface area contributed by atoms with Gasteiger partial charge in [-0.3, -0.25) is 4.79 Å². The number of hydrogen-bond donors (Lipinski definition) is 3. The van der Waals surface area contributed by atoms with E-state index in [2.05, 4.69) is 5.32 Å². The Morgan fingerprint density at radius 1 is 0.781 bits per heavy atom. The molecule has 32 heavy (non-hydrogen) atoms. The Morgan fingerprint density at radius 2 is 1.41 bits per heavy atom. The minimum absolute atomic E-state index is 0.161. The number of nitrogens with one attached hydrogen (secondary N) is 1. The fourth-order valence-electron chi connectivity index (χ4n) is 3.46. The molecule has 3 N–H and O–H groups in total. The predicted octanol–water partition coefficient (Wildman–Crippen LogP) is 5.20. The number of carboxylic acids is 1. The predicted molar refractivity (Wildman–Crippen MR) is 124 cm³/mol. The van der Waals surface area contributed by atoms with Gasteiger partial charge in [0.2, 0.25) is 0 Å². The average molecular weight is 446 g/mol. The summed E-state index contributed by atoms with van der Waals surface area (Å²) in [6, 6.07) is 24.4. The van der Waals surface area contributed by atoms with Crippen LogP contribution in [0.4, 0.5) is 0 Å². The van der Waals surface area contributed by atoms with Crippen molar-refractivity contribution in [1.29, 1.82) is 0 Å². The summed E-state index contributed by atoms with van der Waals surface area (Å²) in [6.07, 6.45) is -0.912. The van der Waals surface area contributed by atoms with Crippen LogP contribution in [0.25, 0.3) is 10.8 Å². The van der Waals surface area contributed by atoms with Crippen LogP contribution in [0.3, 0.4) is 0 Å². The van der Waals surface area contributed by atoms with Gasteiger partial charge in [0, 0.05) is 17.1 Å². The van der Waals surface area contributed by atoms with E-state index >= 15 is 0 Å². The minimum Gasteiger partial charge on any atom is -0.478 e. The Balaban J connectivity index is 1.53. The van der Waals surface area contributed by atoms with Crippen molar-refractivity contribution in [2.24, 2.45) is 0 Å². The fraction of sp³-hybridized carbons (Fsp3) is 0.0769. The maximum Gasteiger partial charge on any atom is 0.335 e. The van der Waals surface area contributed by atoms with E-state index in [-0.39, 0.29) is 11.5 Å². The fourth-order valence-corrected chi connectivity index (χ4v) is 3.59. The highest BCUT2D eigenvalue weighted by Gasteiger charge is 2.13. The first-order valence-electron chi connectivity index (χ1n) is 9.98. The number of hydrogen-bond acceptors (Lipinski definition) is 3. The van der Waals surface area contributed by atoms with Crippen molar-refractivity contribution in [3.05, 3.63) is 118 Å². The number of amides is 1. The van der Waals surface area contributed by atoms with Crippen molar-refractivity contribution < 1.29 is 19.8 Å². The van der Waals surface area contributed by atoms with Crippen LogP contribution < -0.4 is 5.32 Å². The van der Waals surface area contributed by atoms with E-state index < -0.39 is 12.1 Å². The lowest BCUT2D eigenvalue weighted by atomic mass is 9.97. The van der Waals surface area contributed by atoms with Gasteiger partial charge < -0.3 is 15.5 Å². The average Bonchev–Trinajstić information content (AvgIpc) is 2.82. The van der Waals surface area contributed by atoms with Gasteiger partial charge in [-0.05, 0) is 69.9 Å². The van der Waals surface area contributed by atoms with Gasteiger partial charge in [0.1, 0.15) is 6.10 Å². The number of carbonyl (C=O) groups is 2. The molecule has 0 radical (unpaired) electrons. The van der Waals surface area contributed by atoms with Gasteiger partial charge in [-0.1, -0.05) is 54.1 Å². The van der Waals surface area contributed by atoms with Crippen molar-refractivity contribution in [1.82, 2.24) is 5.32 Å². The molecule has 1 atom stereocenters. The molecule has 1 amide bonds. The molecule has 0 fully saturated rings. The van der Waals surface area contributed by atoms with Gasteiger partial charge in [0.15, 0.2) is 0 Å². The van der Waals surface area contributed by atoms with Crippen LogP contribution in [-0.2, 0) is 6.54 Å². The van der Waals surface area contributed by atoms with Gasteiger partial charge in [0.25, 0.3) is 5.91 Å². The van der Waals surface area contributed by atoms with Crippen molar-refractivity contribution in [3.63, 3.8) is 0 Å². The van der Waals surface area contributed by atoms with Crippen molar-refractivity contribution in [3.8, 4) is 0 Å². The number of aromatic carboxylic acids is 1. The van der Waals surface area contributed by atoms with Crippen LogP contribution in [0, 0.1) is 0 Å². The van der Waals surface area contributed by atoms with Gasteiger partial charge in [-0.15, -0.1) is 0 Å². The van der Waals surface area contributed by atoms with E-state index in [9.17, 15) is 14.7 Å². The third-order valence-corrected chi connectivity index (χ3v) is 5.53. The molecule has 4 rings (SSSR count). The summed E-state index contributed by atoms with van der Waals surface area (Å²) in [5, 5.41) is 25.1. The number of carboxylic acid groups (broad SMARTS) is 1. The molecule has 0 aliphatic heterocycles. The highest BCUT2D eigenvalue weighted by Crippen LogP contribution is 2.26. The van der Waals surface area contributed by atoms with E-state index in [0.29, 0.717) is 28.3 Å². The van der Waals surface area contributed by atoms with Gasteiger partial charge in [-0.25, -0.2) is 4.79 Å². The molecule has 4 aromatic rings. The van der Waals surface area contributed by atoms with E-state index in [1.165, 1.54) is 12.1 Å². The lowest BCUT2D eigenvalue weighted by Gasteiger charge is -2.13. The second kappa shape index (κ2) is 9.22. The molecule has 0 saturated carbocycles. The Hall–Kier alpha value is -3.67. The van der Waals surface area contributed by atoms with E-state index in [0.717, 1.165) is 16.3 Å². The van der Waals surface area contributed by atoms with Crippen LogP contribution in [0.5, 0.6) is 0 Å². The molecule has 0 heterocycles. The van der Waals surface area contributed by atoms with Crippen LogP contribution >= 0.6 is 11.6 Å². The molecule has 0 aromatic heterocycles. The minimum atomic E-state index is -1.02.